The molecular formula is C9H19NOS. The average Bonchev–Trinajstić information content (AvgIpc) is 2.45. The number of ether oxygens (including phenoxy) is 1. The topological polar surface area (TPSA) is 35.2 Å². The van der Waals surface area contributed by atoms with E-state index in [1.807, 2.05) is 11.8 Å². The zero-order valence-corrected chi connectivity index (χ0v) is 8.61. The van der Waals surface area contributed by atoms with Crippen molar-refractivity contribution in [3.63, 3.8) is 0 Å². The minimum Gasteiger partial charge on any atom is -0.378 e. The molecular weight excluding hydrogens is 170 g/mol. The molecule has 1 aliphatic rings. The molecule has 72 valence electrons. The smallest absolute Gasteiger partial charge is 0.0590 e. The summed E-state index contributed by atoms with van der Waals surface area (Å²) in [7, 11) is 0. The highest BCUT2D eigenvalue weighted by Crippen LogP contribution is 2.20. The van der Waals surface area contributed by atoms with Gasteiger partial charge in [-0.1, -0.05) is 0 Å². The van der Waals surface area contributed by atoms with Crippen molar-refractivity contribution in [3.05, 3.63) is 0 Å². The van der Waals surface area contributed by atoms with Crippen molar-refractivity contribution in [2.45, 2.75) is 37.8 Å². The van der Waals surface area contributed by atoms with Crippen LogP contribution in [0.5, 0.6) is 0 Å². The molecule has 0 aromatic heterocycles. The molecule has 0 heterocycles. The average molecular weight is 189 g/mol. The Balaban J connectivity index is 1.93. The highest BCUT2D eigenvalue weighted by Gasteiger charge is 2.21. The number of rotatable bonds is 5. The van der Waals surface area contributed by atoms with Crippen LogP contribution in [-0.4, -0.2) is 30.8 Å². The molecule has 1 rings (SSSR count). The number of hydrogen-bond donors (Lipinski definition) is 1. The van der Waals surface area contributed by atoms with E-state index >= 15 is 0 Å². The molecule has 0 aromatic rings. The Hall–Kier alpha value is 0.270. The Labute approximate surface area is 79.2 Å². The van der Waals surface area contributed by atoms with Crippen molar-refractivity contribution in [3.8, 4) is 0 Å². The molecule has 3 heteroatoms. The molecule has 0 aromatic carbocycles. The summed E-state index contributed by atoms with van der Waals surface area (Å²) >= 11 is 1.88. The van der Waals surface area contributed by atoms with Crippen LogP contribution in [0.4, 0.5) is 0 Å². The molecule has 0 radical (unpaired) electrons. The van der Waals surface area contributed by atoms with Gasteiger partial charge in [0.15, 0.2) is 0 Å². The van der Waals surface area contributed by atoms with E-state index in [0.29, 0.717) is 12.1 Å². The molecule has 1 saturated carbocycles. The Morgan fingerprint density at radius 2 is 2.33 bits per heavy atom. The SMILES string of the molecule is CSCCCOC1CCC(N)C1. The van der Waals surface area contributed by atoms with Crippen LogP contribution in [0.15, 0.2) is 0 Å². The van der Waals surface area contributed by atoms with Gasteiger partial charge in [-0.15, -0.1) is 0 Å². The third-order valence-electron chi connectivity index (χ3n) is 2.27. The molecule has 2 atom stereocenters. The van der Waals surface area contributed by atoms with Crippen molar-refractivity contribution >= 4 is 11.8 Å². The van der Waals surface area contributed by atoms with Crippen LogP contribution in [0, 0.1) is 0 Å². The fourth-order valence-corrected chi connectivity index (χ4v) is 1.98. The highest BCUT2D eigenvalue weighted by atomic mass is 32.2. The predicted octanol–water partition coefficient (Wildman–Crippen LogP) is 1.64. The third-order valence-corrected chi connectivity index (χ3v) is 2.97. The minimum atomic E-state index is 0.399. The van der Waals surface area contributed by atoms with Gasteiger partial charge in [0.25, 0.3) is 0 Å². The fourth-order valence-electron chi connectivity index (χ4n) is 1.58. The monoisotopic (exact) mass is 189 g/mol. The van der Waals surface area contributed by atoms with Crippen LogP contribution in [0.25, 0.3) is 0 Å². The summed E-state index contributed by atoms with van der Waals surface area (Å²) < 4.78 is 5.68. The molecule has 0 bridgehead atoms. The largest absolute Gasteiger partial charge is 0.378 e. The Morgan fingerprint density at radius 1 is 1.50 bits per heavy atom. The molecule has 2 unspecified atom stereocenters. The summed E-state index contributed by atoms with van der Waals surface area (Å²) in [4.78, 5) is 0. The van der Waals surface area contributed by atoms with Crippen LogP contribution >= 0.6 is 11.8 Å². The van der Waals surface area contributed by atoms with Gasteiger partial charge in [-0.25, -0.2) is 0 Å². The first kappa shape index (κ1) is 10.4. The maximum Gasteiger partial charge on any atom is 0.0590 e. The van der Waals surface area contributed by atoms with Crippen molar-refractivity contribution in [1.29, 1.82) is 0 Å². The molecule has 0 amide bonds. The summed E-state index contributed by atoms with van der Waals surface area (Å²) in [5.74, 6) is 1.21. The second-order valence-electron chi connectivity index (χ2n) is 3.41. The maximum absolute atomic E-state index is 5.77. The zero-order valence-electron chi connectivity index (χ0n) is 7.79. The van der Waals surface area contributed by atoms with Gasteiger partial charge in [0.05, 0.1) is 6.10 Å². The lowest BCUT2D eigenvalue weighted by atomic mass is 10.3. The second-order valence-corrected chi connectivity index (χ2v) is 4.40. The summed E-state index contributed by atoms with van der Waals surface area (Å²) in [5, 5.41) is 0. The van der Waals surface area contributed by atoms with Crippen molar-refractivity contribution in [1.82, 2.24) is 0 Å². The summed E-state index contributed by atoms with van der Waals surface area (Å²) in [6.45, 7) is 0.915. The van der Waals surface area contributed by atoms with E-state index in [2.05, 4.69) is 6.26 Å². The lowest BCUT2D eigenvalue weighted by Gasteiger charge is -2.10. The first-order chi connectivity index (χ1) is 5.83. The Bertz CT molecular complexity index is 121. The molecule has 1 aliphatic carbocycles. The molecule has 0 aliphatic heterocycles. The van der Waals surface area contributed by atoms with Crippen molar-refractivity contribution in [2.24, 2.45) is 5.73 Å². The van der Waals surface area contributed by atoms with E-state index in [-0.39, 0.29) is 0 Å². The summed E-state index contributed by atoms with van der Waals surface area (Å²) in [5.41, 5.74) is 5.77. The van der Waals surface area contributed by atoms with E-state index in [4.69, 9.17) is 10.5 Å². The lowest BCUT2D eigenvalue weighted by Crippen LogP contribution is -2.17. The third kappa shape index (κ3) is 3.78. The van der Waals surface area contributed by atoms with Crippen LogP contribution in [-0.2, 0) is 4.74 Å². The normalized spacial score (nSPS) is 29.5. The van der Waals surface area contributed by atoms with Gasteiger partial charge >= 0.3 is 0 Å². The highest BCUT2D eigenvalue weighted by molar-refractivity contribution is 7.98. The predicted molar refractivity (Wildman–Crippen MR) is 54.6 cm³/mol. The van der Waals surface area contributed by atoms with E-state index in [1.54, 1.807) is 0 Å². The van der Waals surface area contributed by atoms with Crippen LogP contribution in [0.3, 0.4) is 0 Å². The van der Waals surface area contributed by atoms with Gasteiger partial charge in [-0.3, -0.25) is 0 Å². The summed E-state index contributed by atoms with van der Waals surface area (Å²) in [6.07, 6.45) is 7.15. The lowest BCUT2D eigenvalue weighted by molar-refractivity contribution is 0.0585. The Morgan fingerprint density at radius 3 is 2.92 bits per heavy atom. The van der Waals surface area contributed by atoms with Gasteiger partial charge in [-0.2, -0.15) is 11.8 Å². The molecule has 12 heavy (non-hydrogen) atoms. The number of nitrogens with two attached hydrogens (primary N) is 1. The van der Waals surface area contributed by atoms with Gasteiger partial charge < -0.3 is 10.5 Å². The molecule has 2 nitrogen and oxygen atoms in total. The quantitative estimate of drug-likeness (QED) is 0.668. The fraction of sp³-hybridized carbons (Fsp3) is 1.00. The van der Waals surface area contributed by atoms with E-state index in [0.717, 1.165) is 19.4 Å². The van der Waals surface area contributed by atoms with Crippen molar-refractivity contribution in [2.75, 3.05) is 18.6 Å². The van der Waals surface area contributed by atoms with Gasteiger partial charge in [-0.05, 0) is 37.7 Å². The molecule has 0 saturated heterocycles. The molecule has 2 N–H and O–H groups in total. The zero-order chi connectivity index (χ0) is 8.81. The number of hydrogen-bond acceptors (Lipinski definition) is 3. The molecule has 1 fully saturated rings. The maximum atomic E-state index is 5.77. The van der Waals surface area contributed by atoms with Gasteiger partial charge in [0.2, 0.25) is 0 Å². The van der Waals surface area contributed by atoms with E-state index in [1.165, 1.54) is 18.6 Å². The van der Waals surface area contributed by atoms with Crippen LogP contribution < -0.4 is 5.73 Å². The van der Waals surface area contributed by atoms with E-state index in [9.17, 15) is 0 Å². The van der Waals surface area contributed by atoms with Crippen LogP contribution in [0.2, 0.25) is 0 Å². The number of thioether (sulfide) groups is 1. The molecule has 0 spiro atoms. The Kier molecular flexibility index (Phi) is 5.04. The van der Waals surface area contributed by atoms with E-state index < -0.39 is 0 Å². The van der Waals surface area contributed by atoms with Crippen molar-refractivity contribution < 1.29 is 4.74 Å². The standard InChI is InChI=1S/C9H19NOS/c1-12-6-2-5-11-9-4-3-8(10)7-9/h8-9H,2-7,10H2,1H3. The van der Waals surface area contributed by atoms with Gasteiger partial charge in [0, 0.05) is 12.6 Å². The first-order valence-electron chi connectivity index (χ1n) is 4.69. The second kappa shape index (κ2) is 5.84. The minimum absolute atomic E-state index is 0.399. The van der Waals surface area contributed by atoms with Crippen LogP contribution in [0.1, 0.15) is 25.7 Å². The van der Waals surface area contributed by atoms with Gasteiger partial charge in [0.1, 0.15) is 0 Å². The first-order valence-corrected chi connectivity index (χ1v) is 6.08. The summed E-state index contributed by atoms with van der Waals surface area (Å²) in [6, 6.07) is 0.399.